The number of aromatic nitrogens is 1. The number of rotatable bonds is 3. The molecule has 0 saturated carbocycles. The van der Waals surface area contributed by atoms with Crippen LogP contribution in [0.15, 0.2) is 15.9 Å². The van der Waals surface area contributed by atoms with Gasteiger partial charge < -0.3 is 10.2 Å². The Morgan fingerprint density at radius 1 is 1.83 bits per heavy atom. The third-order valence-corrected chi connectivity index (χ3v) is 2.31. The molecule has 1 aromatic heterocycles. The van der Waals surface area contributed by atoms with Crippen molar-refractivity contribution in [2.75, 3.05) is 0 Å². The van der Waals surface area contributed by atoms with Gasteiger partial charge in [0, 0.05) is 0 Å². The minimum absolute atomic E-state index is 0.0805. The molecule has 1 heterocycles. The number of nitrogens with one attached hydrogen (secondary N) is 1. The number of thioether (sulfide) groups is 1. The molecule has 0 amide bonds. The molecule has 0 fully saturated rings. The predicted molar refractivity (Wildman–Crippen MR) is 48.5 cm³/mol. The Labute approximate surface area is 75.1 Å². The van der Waals surface area contributed by atoms with Crippen LogP contribution in [0.5, 0.6) is 0 Å². The molecule has 1 unspecified atom stereocenters. The third kappa shape index (κ3) is 2.27. The number of nitrogens with two attached hydrogens (primary N) is 1. The highest BCUT2D eigenvalue weighted by Gasteiger charge is 2.10. The van der Waals surface area contributed by atoms with E-state index in [1.807, 2.05) is 13.8 Å². The Morgan fingerprint density at radius 2 is 2.50 bits per heavy atom. The maximum absolute atomic E-state index is 7.14. The van der Waals surface area contributed by atoms with Crippen molar-refractivity contribution in [3.8, 4) is 0 Å². The molecule has 1 aromatic rings. The molecule has 5 heteroatoms. The van der Waals surface area contributed by atoms with E-state index in [9.17, 15) is 0 Å². The highest BCUT2D eigenvalue weighted by Crippen LogP contribution is 2.21. The zero-order valence-electron chi connectivity index (χ0n) is 7.00. The van der Waals surface area contributed by atoms with Crippen molar-refractivity contribution in [3.63, 3.8) is 0 Å². The smallest absolute Gasteiger partial charge is 0.256 e. The van der Waals surface area contributed by atoms with Crippen molar-refractivity contribution in [2.45, 2.75) is 24.3 Å². The number of hydrogen-bond donors (Lipinski definition) is 2. The lowest BCUT2D eigenvalue weighted by Gasteiger charge is -2.03. The first kappa shape index (κ1) is 9.12. The Balaban J connectivity index is 2.58. The molecule has 0 radical (unpaired) electrons. The van der Waals surface area contributed by atoms with E-state index in [1.165, 1.54) is 11.8 Å². The van der Waals surface area contributed by atoms with Crippen LogP contribution in [0.1, 0.15) is 12.6 Å². The topological polar surface area (TPSA) is 75.9 Å². The summed E-state index contributed by atoms with van der Waals surface area (Å²) in [6.45, 7) is 3.69. The summed E-state index contributed by atoms with van der Waals surface area (Å²) in [5, 5.41) is 7.63. The normalized spacial score (nSPS) is 12.8. The van der Waals surface area contributed by atoms with Crippen molar-refractivity contribution in [3.05, 3.63) is 12.0 Å². The molecular weight excluding hydrogens is 174 g/mol. The Morgan fingerprint density at radius 3 is 2.92 bits per heavy atom. The lowest BCUT2D eigenvalue weighted by molar-refractivity contribution is 0.454. The van der Waals surface area contributed by atoms with Gasteiger partial charge in [0.05, 0.1) is 10.9 Å². The molecule has 0 aliphatic heterocycles. The van der Waals surface area contributed by atoms with Gasteiger partial charge in [0.2, 0.25) is 0 Å². The highest BCUT2D eigenvalue weighted by atomic mass is 32.2. The lowest BCUT2D eigenvalue weighted by Crippen LogP contribution is -2.21. The Hall–Kier alpha value is -0.970. The van der Waals surface area contributed by atoms with Gasteiger partial charge in [-0.15, -0.1) is 0 Å². The number of amidine groups is 1. The zero-order chi connectivity index (χ0) is 9.14. The summed E-state index contributed by atoms with van der Waals surface area (Å²) in [5.74, 6) is 0.135. The standard InChI is InChI=1S/C7H11N3OS/c1-4-3-11-7(10-4)12-5(2)6(8)9/h3,5H,1-2H3,(H3,8,9). The van der Waals surface area contributed by atoms with Gasteiger partial charge >= 0.3 is 0 Å². The average molecular weight is 185 g/mol. The predicted octanol–water partition coefficient (Wildman–Crippen LogP) is 1.40. The molecule has 4 nitrogen and oxygen atoms in total. The van der Waals surface area contributed by atoms with Gasteiger partial charge in [-0.1, -0.05) is 11.8 Å². The van der Waals surface area contributed by atoms with Crippen LogP contribution in [0.2, 0.25) is 0 Å². The van der Waals surface area contributed by atoms with Crippen LogP contribution in [-0.4, -0.2) is 16.1 Å². The third-order valence-electron chi connectivity index (χ3n) is 1.31. The molecule has 0 aliphatic carbocycles. The average Bonchev–Trinajstić information content (AvgIpc) is 2.35. The SMILES string of the molecule is Cc1coc(SC(C)C(=N)N)n1. The molecule has 1 rings (SSSR count). The van der Waals surface area contributed by atoms with Crippen molar-refractivity contribution in [2.24, 2.45) is 5.73 Å². The van der Waals surface area contributed by atoms with Gasteiger partial charge in [-0.05, 0) is 13.8 Å². The van der Waals surface area contributed by atoms with Crippen molar-refractivity contribution in [1.29, 1.82) is 5.41 Å². The fourth-order valence-corrected chi connectivity index (χ4v) is 1.33. The van der Waals surface area contributed by atoms with Crippen molar-refractivity contribution < 1.29 is 4.42 Å². The van der Waals surface area contributed by atoms with Gasteiger partial charge in [0.1, 0.15) is 12.1 Å². The Bertz CT molecular complexity index is 284. The van der Waals surface area contributed by atoms with Crippen LogP contribution >= 0.6 is 11.8 Å². The van der Waals surface area contributed by atoms with Crippen molar-refractivity contribution in [1.82, 2.24) is 4.98 Å². The maximum atomic E-state index is 7.14. The van der Waals surface area contributed by atoms with Gasteiger partial charge in [0.25, 0.3) is 5.22 Å². The lowest BCUT2D eigenvalue weighted by atomic mass is 10.4. The number of hydrogen-bond acceptors (Lipinski definition) is 4. The Kier molecular flexibility index (Phi) is 2.75. The van der Waals surface area contributed by atoms with Crippen LogP contribution in [-0.2, 0) is 0 Å². The first-order valence-electron chi connectivity index (χ1n) is 3.52. The summed E-state index contributed by atoms with van der Waals surface area (Å²) in [7, 11) is 0. The number of aryl methyl sites for hydroxylation is 1. The van der Waals surface area contributed by atoms with Crippen molar-refractivity contribution >= 4 is 17.6 Å². The molecular formula is C7H11N3OS. The monoisotopic (exact) mass is 185 g/mol. The first-order chi connectivity index (χ1) is 5.59. The van der Waals surface area contributed by atoms with E-state index < -0.39 is 0 Å². The van der Waals surface area contributed by atoms with Crippen LogP contribution in [0.3, 0.4) is 0 Å². The second-order valence-corrected chi connectivity index (χ2v) is 3.76. The summed E-state index contributed by atoms with van der Waals surface area (Å²) in [6, 6.07) is 0. The van der Waals surface area contributed by atoms with E-state index in [2.05, 4.69) is 4.98 Å². The van der Waals surface area contributed by atoms with E-state index in [-0.39, 0.29) is 11.1 Å². The van der Waals surface area contributed by atoms with E-state index in [1.54, 1.807) is 6.26 Å². The van der Waals surface area contributed by atoms with E-state index in [0.717, 1.165) is 5.69 Å². The van der Waals surface area contributed by atoms with Crippen LogP contribution in [0, 0.1) is 12.3 Å². The molecule has 0 spiro atoms. The van der Waals surface area contributed by atoms with Crippen LogP contribution in [0.4, 0.5) is 0 Å². The van der Waals surface area contributed by atoms with Gasteiger partial charge in [-0.3, -0.25) is 5.41 Å². The summed E-state index contributed by atoms with van der Waals surface area (Å²) in [6.07, 6.45) is 1.58. The minimum atomic E-state index is -0.0805. The highest BCUT2D eigenvalue weighted by molar-refractivity contribution is 8.00. The number of nitrogens with zero attached hydrogens (tertiary/aromatic N) is 1. The van der Waals surface area contributed by atoms with E-state index in [0.29, 0.717) is 5.22 Å². The van der Waals surface area contributed by atoms with Crippen LogP contribution < -0.4 is 5.73 Å². The van der Waals surface area contributed by atoms with E-state index in [4.69, 9.17) is 15.6 Å². The van der Waals surface area contributed by atoms with Gasteiger partial charge in [0.15, 0.2) is 0 Å². The van der Waals surface area contributed by atoms with Crippen LogP contribution in [0.25, 0.3) is 0 Å². The van der Waals surface area contributed by atoms with Gasteiger partial charge in [-0.2, -0.15) is 0 Å². The van der Waals surface area contributed by atoms with E-state index >= 15 is 0 Å². The fourth-order valence-electron chi connectivity index (χ4n) is 0.601. The molecule has 12 heavy (non-hydrogen) atoms. The molecule has 3 N–H and O–H groups in total. The molecule has 66 valence electrons. The molecule has 0 saturated heterocycles. The summed E-state index contributed by atoms with van der Waals surface area (Å²) < 4.78 is 5.08. The summed E-state index contributed by atoms with van der Waals surface area (Å²) in [5.41, 5.74) is 6.12. The second kappa shape index (κ2) is 3.62. The second-order valence-electron chi connectivity index (χ2n) is 2.47. The zero-order valence-corrected chi connectivity index (χ0v) is 7.81. The molecule has 0 bridgehead atoms. The summed E-state index contributed by atoms with van der Waals surface area (Å²) >= 11 is 1.35. The maximum Gasteiger partial charge on any atom is 0.256 e. The fraction of sp³-hybridized carbons (Fsp3) is 0.429. The number of oxazole rings is 1. The first-order valence-corrected chi connectivity index (χ1v) is 4.40. The quantitative estimate of drug-likeness (QED) is 0.424. The largest absolute Gasteiger partial charge is 0.440 e. The van der Waals surface area contributed by atoms with Gasteiger partial charge in [-0.25, -0.2) is 4.98 Å². The molecule has 0 aromatic carbocycles. The molecule has 0 aliphatic rings. The summed E-state index contributed by atoms with van der Waals surface area (Å²) in [4.78, 5) is 4.08. The molecule has 1 atom stereocenters. The minimum Gasteiger partial charge on any atom is -0.440 e.